The van der Waals surface area contributed by atoms with E-state index in [1.165, 1.54) is 19.3 Å². The third-order valence-electron chi connectivity index (χ3n) is 2.15. The van der Waals surface area contributed by atoms with E-state index < -0.39 is 21.0 Å². The molecule has 0 radical (unpaired) electrons. The molecule has 3 nitrogen and oxygen atoms in total. The van der Waals surface area contributed by atoms with Crippen LogP contribution in [-0.2, 0) is 9.22 Å². The second kappa shape index (κ2) is 17.0. The van der Waals surface area contributed by atoms with Crippen molar-refractivity contribution in [1.82, 2.24) is 0 Å². The number of hydrogen-bond acceptors (Lipinski definition) is 3. The minimum atomic E-state index is -2.40. The van der Waals surface area contributed by atoms with Gasteiger partial charge in [-0.2, -0.15) is 0 Å². The topological polar surface area (TPSA) is 27.7 Å². The maximum Gasteiger partial charge on any atom is -1.00 e. The Bertz CT molecular complexity index is 115. The van der Waals surface area contributed by atoms with Gasteiger partial charge in [0.2, 0.25) is 0 Å². The first-order chi connectivity index (χ1) is 7.85. The second-order valence-corrected chi connectivity index (χ2v) is 7.75. The second-order valence-electron chi connectivity index (χ2n) is 3.86. The Balaban J connectivity index is 0. The Kier molecular flexibility index (Phi) is 20.3. The van der Waals surface area contributed by atoms with Crippen molar-refractivity contribution in [3.05, 3.63) is 0 Å². The normalized spacial score (nSPS) is 10.1. The predicted molar refractivity (Wildman–Crippen MR) is 68.3 cm³/mol. The molecule has 0 aromatic heterocycles. The molecule has 0 amide bonds. The molecular formula is C12H27ClO3Sn. The average molecular weight is 374 g/mol. The van der Waals surface area contributed by atoms with Gasteiger partial charge in [0.1, 0.15) is 0 Å². The molecule has 104 valence electrons. The van der Waals surface area contributed by atoms with Crippen LogP contribution in [0.4, 0.5) is 0 Å². The molecule has 17 heavy (non-hydrogen) atoms. The van der Waals surface area contributed by atoms with Gasteiger partial charge in [0, 0.05) is 0 Å². The molecule has 5 heteroatoms. The summed E-state index contributed by atoms with van der Waals surface area (Å²) >= 11 is -2.40. The van der Waals surface area contributed by atoms with Gasteiger partial charge in [-0.15, -0.1) is 0 Å². The standard InChI is InChI=1S/3C4H9O.ClH.Sn/c3*1-2-3-4-5;;/h3*2-4H2,1H3;1H;/q3*-1;;+4/p-1. The van der Waals surface area contributed by atoms with Crippen LogP contribution < -0.4 is 12.4 Å². The molecule has 0 fully saturated rings. The van der Waals surface area contributed by atoms with Crippen molar-refractivity contribution in [2.24, 2.45) is 0 Å². The molecule has 0 aromatic rings. The van der Waals surface area contributed by atoms with Crippen LogP contribution in [-0.4, -0.2) is 40.8 Å². The van der Waals surface area contributed by atoms with Gasteiger partial charge in [-0.1, -0.05) is 0 Å². The minimum absolute atomic E-state index is 0. The number of unbranched alkanes of at least 4 members (excludes halogenated alkanes) is 3. The van der Waals surface area contributed by atoms with Crippen molar-refractivity contribution in [2.45, 2.75) is 59.3 Å². The zero-order valence-corrected chi connectivity index (χ0v) is 15.1. The summed E-state index contributed by atoms with van der Waals surface area (Å²) in [6.07, 6.45) is 6.83. The number of halogens is 1. The number of rotatable bonds is 12. The maximum atomic E-state index is 5.73. The van der Waals surface area contributed by atoms with Crippen LogP contribution in [0.1, 0.15) is 59.3 Å². The minimum Gasteiger partial charge on any atom is -1.00 e. The first-order valence-corrected chi connectivity index (χ1v) is 10.1. The molecule has 0 aliphatic heterocycles. The fourth-order valence-corrected chi connectivity index (χ4v) is 4.40. The molecule has 0 bridgehead atoms. The van der Waals surface area contributed by atoms with Gasteiger partial charge in [-0.25, -0.2) is 0 Å². The molecule has 0 aliphatic carbocycles. The van der Waals surface area contributed by atoms with Gasteiger partial charge in [0.25, 0.3) is 0 Å². The Hall–Kier alpha value is 0.969. The van der Waals surface area contributed by atoms with E-state index in [0.29, 0.717) is 0 Å². The monoisotopic (exact) mass is 374 g/mol. The summed E-state index contributed by atoms with van der Waals surface area (Å²) < 4.78 is 17.2. The van der Waals surface area contributed by atoms with Gasteiger partial charge in [0.15, 0.2) is 0 Å². The van der Waals surface area contributed by atoms with E-state index in [9.17, 15) is 0 Å². The van der Waals surface area contributed by atoms with Gasteiger partial charge in [-0.3, -0.25) is 0 Å². The van der Waals surface area contributed by atoms with Crippen LogP contribution in [0.3, 0.4) is 0 Å². The van der Waals surface area contributed by atoms with E-state index in [4.69, 9.17) is 9.22 Å². The summed E-state index contributed by atoms with van der Waals surface area (Å²) in [4.78, 5) is 0. The third kappa shape index (κ3) is 14.9. The molecule has 0 saturated heterocycles. The average Bonchev–Trinajstić information content (AvgIpc) is 2.29. The smallest absolute Gasteiger partial charge is 1.00 e. The van der Waals surface area contributed by atoms with Crippen molar-refractivity contribution in [1.29, 1.82) is 0 Å². The van der Waals surface area contributed by atoms with Gasteiger partial charge < -0.3 is 12.4 Å². The molecule has 0 aliphatic rings. The van der Waals surface area contributed by atoms with Crippen LogP contribution in [0, 0.1) is 0 Å². The van der Waals surface area contributed by atoms with Crippen LogP contribution in [0.25, 0.3) is 0 Å². The van der Waals surface area contributed by atoms with E-state index in [0.717, 1.165) is 39.1 Å². The summed E-state index contributed by atoms with van der Waals surface area (Å²) in [5, 5.41) is 0. The molecule has 0 saturated carbocycles. The SMILES string of the molecule is CCCC[O][Sn+]([O]CCCC)[O]CCCC.[Cl-]. The Labute approximate surface area is 121 Å². The van der Waals surface area contributed by atoms with Crippen LogP contribution in [0.5, 0.6) is 0 Å². The zero-order chi connectivity index (χ0) is 12.1. The largest absolute Gasteiger partial charge is 1.00 e. The predicted octanol–water partition coefficient (Wildman–Crippen LogP) is 0.425. The Morgan fingerprint density at radius 1 is 0.647 bits per heavy atom. The quantitative estimate of drug-likeness (QED) is 0.367. The van der Waals surface area contributed by atoms with Gasteiger partial charge in [0.05, 0.1) is 0 Å². The van der Waals surface area contributed by atoms with Crippen LogP contribution in [0.15, 0.2) is 0 Å². The molecule has 0 atom stereocenters. The summed E-state index contributed by atoms with van der Waals surface area (Å²) in [7, 11) is 0. The Morgan fingerprint density at radius 2 is 0.941 bits per heavy atom. The summed E-state index contributed by atoms with van der Waals surface area (Å²) in [6.45, 7) is 8.93. The summed E-state index contributed by atoms with van der Waals surface area (Å²) in [6, 6.07) is 0. The third-order valence-corrected chi connectivity index (χ3v) is 5.92. The molecular weight excluding hydrogens is 346 g/mol. The van der Waals surface area contributed by atoms with E-state index in [1.807, 2.05) is 0 Å². The first-order valence-electron chi connectivity index (χ1n) is 6.60. The molecule has 0 aromatic carbocycles. The van der Waals surface area contributed by atoms with Crippen LogP contribution in [0.2, 0.25) is 0 Å². The fourth-order valence-electron chi connectivity index (χ4n) is 1.02. The summed E-state index contributed by atoms with van der Waals surface area (Å²) in [5.41, 5.74) is 0. The maximum absolute atomic E-state index is 5.73. The van der Waals surface area contributed by atoms with Gasteiger partial charge in [-0.05, 0) is 0 Å². The molecule has 0 unspecified atom stereocenters. The Morgan fingerprint density at radius 3 is 1.18 bits per heavy atom. The molecule has 0 N–H and O–H groups in total. The van der Waals surface area contributed by atoms with Crippen LogP contribution >= 0.6 is 0 Å². The van der Waals surface area contributed by atoms with Crippen molar-refractivity contribution in [3.8, 4) is 0 Å². The number of hydrogen-bond donors (Lipinski definition) is 0. The summed E-state index contributed by atoms with van der Waals surface area (Å²) in [5.74, 6) is 0. The van der Waals surface area contributed by atoms with Crippen molar-refractivity contribution in [2.75, 3.05) is 19.8 Å². The van der Waals surface area contributed by atoms with E-state index in [1.54, 1.807) is 0 Å². The fraction of sp³-hybridized carbons (Fsp3) is 1.00. The van der Waals surface area contributed by atoms with E-state index in [-0.39, 0.29) is 12.4 Å². The van der Waals surface area contributed by atoms with Gasteiger partial charge >= 0.3 is 109 Å². The van der Waals surface area contributed by atoms with Crippen molar-refractivity contribution < 1.29 is 21.6 Å². The van der Waals surface area contributed by atoms with Crippen molar-refractivity contribution in [3.63, 3.8) is 0 Å². The van der Waals surface area contributed by atoms with Crippen molar-refractivity contribution >= 4 is 21.0 Å². The zero-order valence-electron chi connectivity index (χ0n) is 11.5. The van der Waals surface area contributed by atoms with E-state index in [2.05, 4.69) is 20.8 Å². The van der Waals surface area contributed by atoms with E-state index >= 15 is 0 Å². The molecule has 0 rings (SSSR count). The molecule has 0 heterocycles. The first kappa shape index (κ1) is 20.3. The molecule has 0 spiro atoms.